The minimum absolute atomic E-state index is 0.123. The van der Waals surface area contributed by atoms with Crippen molar-refractivity contribution in [1.29, 1.82) is 0 Å². The Morgan fingerprint density at radius 2 is 1.76 bits per heavy atom. The molecule has 0 unspecified atom stereocenters. The van der Waals surface area contributed by atoms with Crippen LogP contribution < -0.4 is 5.32 Å². The Bertz CT molecular complexity index is 539. The highest BCUT2D eigenvalue weighted by Crippen LogP contribution is 2.40. The van der Waals surface area contributed by atoms with Crippen molar-refractivity contribution in [3.8, 4) is 11.1 Å². The summed E-state index contributed by atoms with van der Waals surface area (Å²) in [5, 5.41) is 2.63. The van der Waals surface area contributed by atoms with Crippen molar-refractivity contribution < 1.29 is 23.9 Å². The van der Waals surface area contributed by atoms with Crippen LogP contribution in [0.2, 0.25) is 0 Å². The second-order valence-corrected chi connectivity index (χ2v) is 4.39. The van der Waals surface area contributed by atoms with Crippen molar-refractivity contribution in [3.63, 3.8) is 0 Å². The number of rotatable bonds is 5. The molecule has 0 bridgehead atoms. The lowest BCUT2D eigenvalue weighted by molar-refractivity contribution is -0.143. The third-order valence-electron chi connectivity index (χ3n) is 2.82. The Hall–Kier alpha value is -2.37. The van der Waals surface area contributed by atoms with E-state index in [2.05, 4.69) is 14.8 Å². The quantitative estimate of drug-likeness (QED) is 0.674. The smallest absolute Gasteiger partial charge is 0.315 e. The van der Waals surface area contributed by atoms with Crippen molar-refractivity contribution in [2.24, 2.45) is 0 Å². The first-order valence-corrected chi connectivity index (χ1v) is 6.59. The van der Waals surface area contributed by atoms with Crippen LogP contribution in [0.3, 0.4) is 0 Å². The first kappa shape index (κ1) is 16.7. The van der Waals surface area contributed by atoms with Crippen molar-refractivity contribution >= 4 is 23.5 Å². The number of methoxy groups -OCH3 is 2. The van der Waals surface area contributed by atoms with E-state index in [0.717, 1.165) is 23.2 Å². The van der Waals surface area contributed by atoms with Gasteiger partial charge in [0.1, 0.15) is 6.42 Å². The van der Waals surface area contributed by atoms with E-state index < -0.39 is 5.97 Å². The van der Waals surface area contributed by atoms with E-state index in [1.165, 1.54) is 14.2 Å². The first-order chi connectivity index (χ1) is 10.0. The molecule has 6 heteroatoms. The Morgan fingerprint density at radius 1 is 1.10 bits per heavy atom. The number of fused-ring (bicyclic) bond motifs is 1. The van der Waals surface area contributed by atoms with Gasteiger partial charge in [0.05, 0.1) is 14.2 Å². The average Bonchev–Trinajstić information content (AvgIpc) is 2.44. The summed E-state index contributed by atoms with van der Waals surface area (Å²) in [5.41, 5.74) is 3.00. The number of hydrogen-bond acceptors (Lipinski definition) is 5. The zero-order valence-corrected chi connectivity index (χ0v) is 12.4. The lowest BCUT2D eigenvalue weighted by atomic mass is 9.91. The summed E-state index contributed by atoms with van der Waals surface area (Å²) in [6.45, 7) is 1.94. The van der Waals surface area contributed by atoms with Gasteiger partial charge in [-0.05, 0) is 18.1 Å². The summed E-state index contributed by atoms with van der Waals surface area (Å²) < 4.78 is 8.72. The fourth-order valence-corrected chi connectivity index (χ4v) is 1.60. The van der Waals surface area contributed by atoms with Crippen molar-refractivity contribution in [2.75, 3.05) is 19.5 Å². The molecule has 1 amide bonds. The predicted octanol–water partition coefficient (Wildman–Crippen LogP) is 2.13. The van der Waals surface area contributed by atoms with Gasteiger partial charge in [-0.2, -0.15) is 0 Å². The number of nitrogens with one attached hydrogen (secondary N) is 1. The summed E-state index contributed by atoms with van der Waals surface area (Å²) in [6, 6.07) is 5.75. The number of carbonyl (C=O) groups excluding carboxylic acids is 3. The summed E-state index contributed by atoms with van der Waals surface area (Å²) >= 11 is 0. The first-order valence-electron chi connectivity index (χ1n) is 6.59. The molecular weight excluding hydrogens is 274 g/mol. The van der Waals surface area contributed by atoms with Gasteiger partial charge in [0.15, 0.2) is 0 Å². The molecule has 0 aromatic heterocycles. The lowest BCUT2D eigenvalue weighted by Gasteiger charge is -2.21. The SMILES string of the molecule is CCCC(=O)OC.COC(=O)CC(=O)Nc1cc2ccc1-2. The average molecular weight is 293 g/mol. The van der Waals surface area contributed by atoms with E-state index in [0.29, 0.717) is 6.42 Å². The second kappa shape index (κ2) is 8.04. The van der Waals surface area contributed by atoms with E-state index in [4.69, 9.17) is 0 Å². The van der Waals surface area contributed by atoms with Crippen LogP contribution >= 0.6 is 0 Å². The van der Waals surface area contributed by atoms with Crippen LogP contribution in [0.1, 0.15) is 26.2 Å². The number of hydrogen-bond donors (Lipinski definition) is 1. The minimum Gasteiger partial charge on any atom is -0.469 e. The van der Waals surface area contributed by atoms with Crippen LogP contribution in [-0.2, 0) is 23.9 Å². The third kappa shape index (κ3) is 4.91. The molecule has 0 aliphatic heterocycles. The molecule has 0 radical (unpaired) electrons. The maximum absolute atomic E-state index is 11.2. The summed E-state index contributed by atoms with van der Waals surface area (Å²) in [5.74, 6) is -0.988. The Balaban J connectivity index is 0.000000270. The van der Waals surface area contributed by atoms with E-state index in [1.54, 1.807) is 0 Å². The fraction of sp³-hybridized carbons (Fsp3) is 0.400. The van der Waals surface area contributed by atoms with Crippen molar-refractivity contribution in [3.05, 3.63) is 18.2 Å². The maximum atomic E-state index is 11.2. The molecule has 0 aromatic carbocycles. The van der Waals surface area contributed by atoms with Gasteiger partial charge in [-0.3, -0.25) is 14.4 Å². The van der Waals surface area contributed by atoms with Crippen LogP contribution in [0.25, 0.3) is 11.1 Å². The lowest BCUT2D eigenvalue weighted by Crippen LogP contribution is -2.19. The fourth-order valence-electron chi connectivity index (χ4n) is 1.60. The minimum atomic E-state index is -0.527. The number of anilines is 1. The second-order valence-electron chi connectivity index (χ2n) is 4.39. The van der Waals surface area contributed by atoms with E-state index in [1.807, 2.05) is 25.1 Å². The van der Waals surface area contributed by atoms with Crippen LogP contribution in [0.5, 0.6) is 0 Å². The highest BCUT2D eigenvalue weighted by atomic mass is 16.5. The molecule has 0 aromatic rings. The van der Waals surface area contributed by atoms with Gasteiger partial charge >= 0.3 is 11.9 Å². The number of ether oxygens (including phenoxy) is 2. The molecule has 114 valence electrons. The van der Waals surface area contributed by atoms with E-state index in [9.17, 15) is 14.4 Å². The molecule has 0 atom stereocenters. The van der Waals surface area contributed by atoms with Gasteiger partial charge in [0, 0.05) is 17.7 Å². The summed E-state index contributed by atoms with van der Waals surface area (Å²) in [7, 11) is 2.66. The molecule has 0 fully saturated rings. The Morgan fingerprint density at radius 3 is 2.10 bits per heavy atom. The van der Waals surface area contributed by atoms with Gasteiger partial charge in [-0.15, -0.1) is 0 Å². The molecule has 0 spiro atoms. The molecule has 21 heavy (non-hydrogen) atoms. The third-order valence-corrected chi connectivity index (χ3v) is 2.82. The van der Waals surface area contributed by atoms with E-state index >= 15 is 0 Å². The van der Waals surface area contributed by atoms with Gasteiger partial charge in [0.2, 0.25) is 5.91 Å². The van der Waals surface area contributed by atoms with E-state index in [-0.39, 0.29) is 18.3 Å². The molecule has 0 saturated carbocycles. The monoisotopic (exact) mass is 293 g/mol. The maximum Gasteiger partial charge on any atom is 0.315 e. The summed E-state index contributed by atoms with van der Waals surface area (Å²) in [6.07, 6.45) is 1.17. The predicted molar refractivity (Wildman–Crippen MR) is 77.6 cm³/mol. The number of benzene rings is 1. The molecule has 6 nitrogen and oxygen atoms in total. The number of amides is 1. The highest BCUT2D eigenvalue weighted by molar-refractivity contribution is 6.06. The van der Waals surface area contributed by atoms with Gasteiger partial charge < -0.3 is 14.8 Å². The molecule has 2 rings (SSSR count). The molecule has 1 N–H and O–H groups in total. The largest absolute Gasteiger partial charge is 0.469 e. The molecule has 0 heterocycles. The molecule has 2 aliphatic rings. The van der Waals surface area contributed by atoms with Crippen LogP contribution in [0.15, 0.2) is 18.2 Å². The summed E-state index contributed by atoms with van der Waals surface area (Å²) in [4.78, 5) is 32.1. The topological polar surface area (TPSA) is 81.7 Å². The number of carbonyl (C=O) groups is 3. The Kier molecular flexibility index (Phi) is 6.39. The van der Waals surface area contributed by atoms with Crippen LogP contribution in [0, 0.1) is 0 Å². The van der Waals surface area contributed by atoms with Crippen LogP contribution in [0.4, 0.5) is 5.69 Å². The van der Waals surface area contributed by atoms with Gasteiger partial charge in [0.25, 0.3) is 0 Å². The zero-order valence-electron chi connectivity index (χ0n) is 12.4. The van der Waals surface area contributed by atoms with Crippen LogP contribution in [-0.4, -0.2) is 32.1 Å². The molecular formula is C15H19NO5. The molecule has 0 saturated heterocycles. The molecule has 2 aliphatic carbocycles. The van der Waals surface area contributed by atoms with Crippen molar-refractivity contribution in [2.45, 2.75) is 26.2 Å². The standard InChI is InChI=1S/C10H9NO3.C5H10O2/c1-14-10(13)5-9(12)11-8-4-6-2-3-7(6)8;1-3-4-5(6)7-2/h2-4H,5H2,1H3,(H,11,12);3-4H2,1-2H3. The van der Waals surface area contributed by atoms with Crippen molar-refractivity contribution in [1.82, 2.24) is 0 Å². The Labute approximate surface area is 123 Å². The van der Waals surface area contributed by atoms with Gasteiger partial charge in [-0.1, -0.05) is 19.1 Å². The highest BCUT2D eigenvalue weighted by Gasteiger charge is 2.19. The number of esters is 2. The van der Waals surface area contributed by atoms with Gasteiger partial charge in [-0.25, -0.2) is 0 Å². The normalized spacial score (nSPS) is 9.86. The zero-order chi connectivity index (χ0) is 15.8.